The van der Waals surface area contributed by atoms with E-state index in [1.54, 1.807) is 37.4 Å². The van der Waals surface area contributed by atoms with Crippen LogP contribution in [-0.2, 0) is 11.4 Å². The van der Waals surface area contributed by atoms with Crippen LogP contribution < -0.4 is 15.4 Å². The number of hydrogen-bond acceptors (Lipinski definition) is 4. The van der Waals surface area contributed by atoms with Crippen molar-refractivity contribution in [3.05, 3.63) is 94.8 Å². The smallest absolute Gasteiger partial charge is 0.253 e. The van der Waals surface area contributed by atoms with E-state index in [9.17, 15) is 9.59 Å². The number of halogens is 1. The summed E-state index contributed by atoms with van der Waals surface area (Å²) in [4.78, 5) is 29.2. The second-order valence-corrected chi connectivity index (χ2v) is 7.49. The normalized spacial score (nSPS) is 12.5. The molecule has 0 saturated heterocycles. The topological polar surface area (TPSA) is 80.3 Å². The van der Waals surface area contributed by atoms with Gasteiger partial charge in [-0.1, -0.05) is 41.9 Å². The Morgan fingerprint density at radius 1 is 1.00 bits per heavy atom. The first-order valence-corrected chi connectivity index (χ1v) is 10.3. The first-order chi connectivity index (χ1) is 14.9. The molecular weight excluding hydrogens is 414 g/mol. The van der Waals surface area contributed by atoms with Crippen molar-refractivity contribution in [1.82, 2.24) is 15.6 Å². The summed E-state index contributed by atoms with van der Waals surface area (Å²) in [6.07, 6.45) is 1.72. The molecule has 0 aliphatic rings. The van der Waals surface area contributed by atoms with E-state index in [1.807, 2.05) is 49.4 Å². The van der Waals surface area contributed by atoms with E-state index < -0.39 is 11.9 Å². The van der Waals surface area contributed by atoms with Gasteiger partial charge in [0.25, 0.3) is 5.91 Å². The lowest BCUT2D eigenvalue weighted by atomic mass is 10.1. The molecule has 2 aromatic carbocycles. The zero-order valence-electron chi connectivity index (χ0n) is 17.3. The van der Waals surface area contributed by atoms with Crippen LogP contribution in [-0.4, -0.2) is 22.8 Å². The number of carbonyl (C=O) groups is 2. The molecule has 0 aliphatic carbocycles. The average Bonchev–Trinajstić information content (AvgIpc) is 2.78. The van der Waals surface area contributed by atoms with Gasteiger partial charge in [0.1, 0.15) is 18.4 Å². The maximum atomic E-state index is 12.6. The van der Waals surface area contributed by atoms with Crippen LogP contribution in [0.2, 0.25) is 5.02 Å². The number of nitrogens with zero attached hydrogens (tertiary/aromatic N) is 1. The predicted octanol–water partition coefficient (Wildman–Crippen LogP) is 4.31. The van der Waals surface area contributed by atoms with Gasteiger partial charge in [0.2, 0.25) is 5.91 Å². The van der Waals surface area contributed by atoms with Crippen molar-refractivity contribution < 1.29 is 14.3 Å². The second kappa shape index (κ2) is 10.6. The van der Waals surface area contributed by atoms with Gasteiger partial charge in [-0.3, -0.25) is 14.6 Å². The number of pyridine rings is 1. The van der Waals surface area contributed by atoms with Crippen molar-refractivity contribution in [2.45, 2.75) is 32.5 Å². The van der Waals surface area contributed by atoms with Gasteiger partial charge < -0.3 is 15.4 Å². The van der Waals surface area contributed by atoms with Gasteiger partial charge in [-0.25, -0.2) is 0 Å². The largest absolute Gasteiger partial charge is 0.487 e. The molecule has 2 unspecified atom stereocenters. The highest BCUT2D eigenvalue weighted by Gasteiger charge is 2.20. The maximum absolute atomic E-state index is 12.6. The van der Waals surface area contributed by atoms with Crippen LogP contribution in [0.5, 0.6) is 5.75 Å². The van der Waals surface area contributed by atoms with Crippen LogP contribution in [0.4, 0.5) is 0 Å². The van der Waals surface area contributed by atoms with Gasteiger partial charge in [-0.15, -0.1) is 0 Å². The van der Waals surface area contributed by atoms with Gasteiger partial charge in [-0.05, 0) is 55.8 Å². The van der Waals surface area contributed by atoms with Gasteiger partial charge in [0.05, 0.1) is 22.3 Å². The SMILES string of the molecule is CC(NC(=O)c1ccccc1Cl)C(=O)NC(C)c1cccc(OCc2ccccn2)c1. The average molecular weight is 438 g/mol. The number of ether oxygens (including phenoxy) is 1. The van der Waals surface area contributed by atoms with Crippen molar-refractivity contribution in [3.63, 3.8) is 0 Å². The Morgan fingerprint density at radius 3 is 2.52 bits per heavy atom. The van der Waals surface area contributed by atoms with Crippen LogP contribution in [0, 0.1) is 0 Å². The fourth-order valence-electron chi connectivity index (χ4n) is 2.92. The molecule has 0 bridgehead atoms. The van der Waals surface area contributed by atoms with Crippen molar-refractivity contribution in [2.75, 3.05) is 0 Å². The fraction of sp³-hybridized carbons (Fsp3) is 0.208. The Hall–Kier alpha value is -3.38. The summed E-state index contributed by atoms with van der Waals surface area (Å²) >= 11 is 6.05. The molecule has 1 aromatic heterocycles. The lowest BCUT2D eigenvalue weighted by Crippen LogP contribution is -2.45. The Labute approximate surface area is 186 Å². The van der Waals surface area contributed by atoms with E-state index >= 15 is 0 Å². The van der Waals surface area contributed by atoms with Crippen LogP contribution in [0.1, 0.15) is 41.5 Å². The zero-order chi connectivity index (χ0) is 22.2. The quantitative estimate of drug-likeness (QED) is 0.550. The lowest BCUT2D eigenvalue weighted by molar-refractivity contribution is -0.123. The predicted molar refractivity (Wildman–Crippen MR) is 120 cm³/mol. The number of nitrogens with one attached hydrogen (secondary N) is 2. The van der Waals surface area contributed by atoms with Crippen molar-refractivity contribution in [2.24, 2.45) is 0 Å². The summed E-state index contributed by atoms with van der Waals surface area (Å²) in [5.41, 5.74) is 2.04. The molecule has 0 fully saturated rings. The van der Waals surface area contributed by atoms with Crippen LogP contribution in [0.15, 0.2) is 72.9 Å². The number of aromatic nitrogens is 1. The number of amides is 2. The van der Waals surface area contributed by atoms with Gasteiger partial charge in [0.15, 0.2) is 0 Å². The molecule has 3 rings (SSSR count). The van der Waals surface area contributed by atoms with E-state index in [2.05, 4.69) is 15.6 Å². The first kappa shape index (κ1) is 22.3. The molecule has 2 amide bonds. The van der Waals surface area contributed by atoms with Crippen LogP contribution in [0.25, 0.3) is 0 Å². The molecule has 2 N–H and O–H groups in total. The summed E-state index contributed by atoms with van der Waals surface area (Å²) in [5.74, 6) is -0.0112. The highest BCUT2D eigenvalue weighted by Crippen LogP contribution is 2.20. The highest BCUT2D eigenvalue weighted by atomic mass is 35.5. The molecule has 160 valence electrons. The molecular formula is C24H24ClN3O3. The zero-order valence-corrected chi connectivity index (χ0v) is 18.1. The standard InChI is InChI=1S/C24H24ClN3O3/c1-16(18-8-7-10-20(14-18)31-15-19-9-5-6-13-26-19)27-23(29)17(2)28-24(30)21-11-3-4-12-22(21)25/h3-14,16-17H,15H2,1-2H3,(H,27,29)(H,28,30). The molecule has 3 aromatic rings. The third kappa shape index (κ3) is 6.30. The van der Waals surface area contributed by atoms with Gasteiger partial charge in [0, 0.05) is 6.20 Å². The molecule has 6 nitrogen and oxygen atoms in total. The summed E-state index contributed by atoms with van der Waals surface area (Å²) in [7, 11) is 0. The number of carbonyl (C=O) groups excluding carboxylic acids is 2. The molecule has 7 heteroatoms. The minimum atomic E-state index is -0.727. The molecule has 0 aliphatic heterocycles. The molecule has 31 heavy (non-hydrogen) atoms. The number of hydrogen-bond donors (Lipinski definition) is 2. The molecule has 0 radical (unpaired) electrons. The molecule has 1 heterocycles. The Balaban J connectivity index is 1.56. The molecule has 2 atom stereocenters. The molecule has 0 spiro atoms. The van der Waals surface area contributed by atoms with Gasteiger partial charge in [-0.2, -0.15) is 0 Å². The monoisotopic (exact) mass is 437 g/mol. The highest BCUT2D eigenvalue weighted by molar-refractivity contribution is 6.33. The Kier molecular flexibility index (Phi) is 7.62. The maximum Gasteiger partial charge on any atom is 0.253 e. The van der Waals surface area contributed by atoms with Crippen molar-refractivity contribution in [3.8, 4) is 5.75 Å². The minimum absolute atomic E-state index is 0.273. The van der Waals surface area contributed by atoms with E-state index in [0.717, 1.165) is 11.3 Å². The minimum Gasteiger partial charge on any atom is -0.487 e. The summed E-state index contributed by atoms with van der Waals surface area (Å²) in [6, 6.07) is 18.9. The van der Waals surface area contributed by atoms with Crippen molar-refractivity contribution >= 4 is 23.4 Å². The van der Waals surface area contributed by atoms with E-state index in [-0.39, 0.29) is 11.9 Å². The number of benzene rings is 2. The third-order valence-electron chi connectivity index (χ3n) is 4.69. The fourth-order valence-corrected chi connectivity index (χ4v) is 3.14. The van der Waals surface area contributed by atoms with E-state index in [0.29, 0.717) is 22.9 Å². The molecule has 0 saturated carbocycles. The Bertz CT molecular complexity index is 1040. The first-order valence-electron chi connectivity index (χ1n) is 9.92. The Morgan fingerprint density at radius 2 is 1.77 bits per heavy atom. The summed E-state index contributed by atoms with van der Waals surface area (Å²) in [6.45, 7) is 3.86. The summed E-state index contributed by atoms with van der Waals surface area (Å²) in [5, 5.41) is 5.93. The van der Waals surface area contributed by atoms with Crippen LogP contribution >= 0.6 is 11.6 Å². The summed E-state index contributed by atoms with van der Waals surface area (Å²) < 4.78 is 5.80. The third-order valence-corrected chi connectivity index (χ3v) is 5.02. The van der Waals surface area contributed by atoms with Crippen LogP contribution in [0.3, 0.4) is 0 Å². The van der Waals surface area contributed by atoms with Gasteiger partial charge >= 0.3 is 0 Å². The second-order valence-electron chi connectivity index (χ2n) is 7.09. The number of rotatable bonds is 8. The van der Waals surface area contributed by atoms with Crippen molar-refractivity contribution in [1.29, 1.82) is 0 Å². The van der Waals surface area contributed by atoms with E-state index in [4.69, 9.17) is 16.3 Å². The lowest BCUT2D eigenvalue weighted by Gasteiger charge is -2.19. The van der Waals surface area contributed by atoms with E-state index in [1.165, 1.54) is 0 Å².